The van der Waals surface area contributed by atoms with Crippen LogP contribution in [0.3, 0.4) is 0 Å². The molecule has 2 heterocycles. The fourth-order valence-electron chi connectivity index (χ4n) is 3.26. The van der Waals surface area contributed by atoms with Gasteiger partial charge in [0.15, 0.2) is 0 Å². The Bertz CT molecular complexity index is 674. The number of hydrogen-bond donors (Lipinski definition) is 1. The summed E-state index contributed by atoms with van der Waals surface area (Å²) >= 11 is 0. The van der Waals surface area contributed by atoms with Gasteiger partial charge in [-0.05, 0) is 36.6 Å². The SMILES string of the molecule is C[C@H]1C[C@@H](N)CN(c2ccc(C(F)(F)F)c3ncccc23)C1. The first-order chi connectivity index (χ1) is 10.4. The molecule has 22 heavy (non-hydrogen) atoms. The van der Waals surface area contributed by atoms with E-state index in [0.29, 0.717) is 17.8 Å². The van der Waals surface area contributed by atoms with E-state index in [1.54, 1.807) is 12.1 Å². The van der Waals surface area contributed by atoms with Crippen LogP contribution in [0, 0.1) is 5.92 Å². The molecule has 2 aromatic rings. The summed E-state index contributed by atoms with van der Waals surface area (Å²) in [6.45, 7) is 3.55. The minimum Gasteiger partial charge on any atom is -0.369 e. The lowest BCUT2D eigenvalue weighted by Crippen LogP contribution is -2.46. The van der Waals surface area contributed by atoms with E-state index in [2.05, 4.69) is 16.8 Å². The number of pyridine rings is 1. The zero-order valence-electron chi connectivity index (χ0n) is 12.3. The predicted molar refractivity (Wildman–Crippen MR) is 80.7 cm³/mol. The molecule has 2 atom stereocenters. The highest BCUT2D eigenvalue weighted by Crippen LogP contribution is 2.38. The lowest BCUT2D eigenvalue weighted by molar-refractivity contribution is -0.136. The summed E-state index contributed by atoms with van der Waals surface area (Å²) in [7, 11) is 0. The molecule has 118 valence electrons. The van der Waals surface area contributed by atoms with Gasteiger partial charge < -0.3 is 10.6 Å². The van der Waals surface area contributed by atoms with Gasteiger partial charge in [-0.15, -0.1) is 0 Å². The van der Waals surface area contributed by atoms with E-state index in [1.807, 2.05) is 0 Å². The lowest BCUT2D eigenvalue weighted by atomic mass is 9.95. The van der Waals surface area contributed by atoms with Crippen molar-refractivity contribution in [3.05, 3.63) is 36.0 Å². The lowest BCUT2D eigenvalue weighted by Gasteiger charge is -2.37. The van der Waals surface area contributed by atoms with Gasteiger partial charge in [0.1, 0.15) is 0 Å². The molecule has 1 saturated heterocycles. The third-order valence-corrected chi connectivity index (χ3v) is 4.08. The van der Waals surface area contributed by atoms with Crippen LogP contribution in [-0.4, -0.2) is 24.1 Å². The molecule has 0 amide bonds. The highest BCUT2D eigenvalue weighted by Gasteiger charge is 2.34. The molecular formula is C16H18F3N3. The number of nitrogens with two attached hydrogens (primary N) is 1. The third-order valence-electron chi connectivity index (χ3n) is 4.08. The second kappa shape index (κ2) is 5.43. The van der Waals surface area contributed by atoms with E-state index in [9.17, 15) is 13.2 Å². The summed E-state index contributed by atoms with van der Waals surface area (Å²) in [6.07, 6.45) is -2.07. The topological polar surface area (TPSA) is 42.1 Å². The van der Waals surface area contributed by atoms with Crippen LogP contribution in [0.5, 0.6) is 0 Å². The molecule has 1 fully saturated rings. The molecule has 6 heteroatoms. The molecule has 1 aliphatic rings. The van der Waals surface area contributed by atoms with Crippen molar-refractivity contribution in [3.63, 3.8) is 0 Å². The van der Waals surface area contributed by atoms with E-state index in [0.717, 1.165) is 24.7 Å². The zero-order valence-corrected chi connectivity index (χ0v) is 12.3. The molecule has 0 radical (unpaired) electrons. The van der Waals surface area contributed by atoms with Gasteiger partial charge in [0.05, 0.1) is 11.1 Å². The number of aromatic nitrogens is 1. The van der Waals surface area contributed by atoms with Crippen molar-refractivity contribution in [1.82, 2.24) is 4.98 Å². The van der Waals surface area contributed by atoms with Crippen molar-refractivity contribution in [3.8, 4) is 0 Å². The number of hydrogen-bond acceptors (Lipinski definition) is 3. The second-order valence-corrected chi connectivity index (χ2v) is 6.04. The predicted octanol–water partition coefficient (Wildman–Crippen LogP) is 3.43. The summed E-state index contributed by atoms with van der Waals surface area (Å²) in [5, 5.41) is 0.527. The van der Waals surface area contributed by atoms with Crippen LogP contribution in [0.4, 0.5) is 18.9 Å². The minimum absolute atomic E-state index is 0.000650. The number of fused-ring (bicyclic) bond motifs is 1. The van der Waals surface area contributed by atoms with Crippen LogP contribution < -0.4 is 10.6 Å². The van der Waals surface area contributed by atoms with E-state index >= 15 is 0 Å². The average molecular weight is 309 g/mol. The third kappa shape index (κ3) is 2.75. The first-order valence-electron chi connectivity index (χ1n) is 7.31. The number of rotatable bonds is 1. The quantitative estimate of drug-likeness (QED) is 0.877. The van der Waals surface area contributed by atoms with Gasteiger partial charge in [0.2, 0.25) is 0 Å². The standard InChI is InChI=1S/C16H18F3N3/c1-10-7-11(20)9-22(8-10)14-5-4-13(16(17,18)19)15-12(14)3-2-6-21-15/h2-6,10-11H,7-9,20H2,1H3/t10-,11+/m0/s1. The van der Waals surface area contributed by atoms with Crippen LogP contribution in [0.1, 0.15) is 18.9 Å². The van der Waals surface area contributed by atoms with E-state index in [1.165, 1.54) is 12.3 Å². The van der Waals surface area contributed by atoms with Crippen molar-refractivity contribution >= 4 is 16.6 Å². The first-order valence-corrected chi connectivity index (χ1v) is 7.31. The van der Waals surface area contributed by atoms with Crippen molar-refractivity contribution in [2.75, 3.05) is 18.0 Å². The van der Waals surface area contributed by atoms with Crippen LogP contribution >= 0.6 is 0 Å². The first kappa shape index (κ1) is 15.1. The van der Waals surface area contributed by atoms with Gasteiger partial charge in [-0.1, -0.05) is 6.92 Å². The van der Waals surface area contributed by atoms with Crippen molar-refractivity contribution in [2.24, 2.45) is 11.7 Å². The number of benzene rings is 1. The Kier molecular flexibility index (Phi) is 3.72. The van der Waals surface area contributed by atoms with E-state index in [4.69, 9.17) is 5.73 Å². The Labute approximate surface area is 126 Å². The largest absolute Gasteiger partial charge is 0.418 e. The average Bonchev–Trinajstić information content (AvgIpc) is 2.44. The minimum atomic E-state index is -4.41. The fourth-order valence-corrected chi connectivity index (χ4v) is 3.26. The number of nitrogens with zero attached hydrogens (tertiary/aromatic N) is 2. The van der Waals surface area contributed by atoms with Crippen LogP contribution in [0.15, 0.2) is 30.5 Å². The Morgan fingerprint density at radius 1 is 1.23 bits per heavy atom. The monoisotopic (exact) mass is 309 g/mol. The fraction of sp³-hybridized carbons (Fsp3) is 0.438. The Balaban J connectivity index is 2.12. The van der Waals surface area contributed by atoms with Gasteiger partial charge in [0.25, 0.3) is 0 Å². The van der Waals surface area contributed by atoms with Gasteiger partial charge >= 0.3 is 6.18 Å². The Morgan fingerprint density at radius 3 is 2.68 bits per heavy atom. The Morgan fingerprint density at radius 2 is 2.00 bits per heavy atom. The summed E-state index contributed by atoms with van der Waals surface area (Å²) in [5.41, 5.74) is 6.14. The number of alkyl halides is 3. The highest BCUT2D eigenvalue weighted by molar-refractivity contribution is 5.94. The number of piperidine rings is 1. The molecule has 0 unspecified atom stereocenters. The molecule has 3 rings (SSSR count). The highest BCUT2D eigenvalue weighted by atomic mass is 19.4. The van der Waals surface area contributed by atoms with Crippen molar-refractivity contribution in [2.45, 2.75) is 25.6 Å². The summed E-state index contributed by atoms with van der Waals surface area (Å²) < 4.78 is 39.4. The zero-order chi connectivity index (χ0) is 15.9. The number of halogens is 3. The maximum Gasteiger partial charge on any atom is 0.418 e. The van der Waals surface area contributed by atoms with Crippen LogP contribution in [-0.2, 0) is 6.18 Å². The molecule has 0 spiro atoms. The van der Waals surface area contributed by atoms with Crippen molar-refractivity contribution in [1.29, 1.82) is 0 Å². The van der Waals surface area contributed by atoms with Gasteiger partial charge in [-0.3, -0.25) is 4.98 Å². The van der Waals surface area contributed by atoms with E-state index in [-0.39, 0.29) is 11.6 Å². The molecular weight excluding hydrogens is 291 g/mol. The molecule has 0 saturated carbocycles. The van der Waals surface area contributed by atoms with Crippen LogP contribution in [0.2, 0.25) is 0 Å². The molecule has 1 aliphatic heterocycles. The molecule has 1 aromatic heterocycles. The molecule has 3 nitrogen and oxygen atoms in total. The Hall–Kier alpha value is -1.82. The van der Waals surface area contributed by atoms with Crippen LogP contribution in [0.25, 0.3) is 10.9 Å². The number of anilines is 1. The summed E-state index contributed by atoms with van der Waals surface area (Å²) in [6, 6.07) is 6.06. The summed E-state index contributed by atoms with van der Waals surface area (Å²) in [4.78, 5) is 6.04. The van der Waals surface area contributed by atoms with E-state index < -0.39 is 11.7 Å². The maximum atomic E-state index is 13.1. The normalized spacial score (nSPS) is 23.0. The summed E-state index contributed by atoms with van der Waals surface area (Å²) in [5.74, 6) is 0.415. The second-order valence-electron chi connectivity index (χ2n) is 6.04. The van der Waals surface area contributed by atoms with Gasteiger partial charge in [0, 0.05) is 36.4 Å². The molecule has 2 N–H and O–H groups in total. The molecule has 1 aromatic carbocycles. The van der Waals surface area contributed by atoms with Crippen molar-refractivity contribution < 1.29 is 13.2 Å². The van der Waals surface area contributed by atoms with Gasteiger partial charge in [-0.2, -0.15) is 13.2 Å². The smallest absolute Gasteiger partial charge is 0.369 e. The molecule has 0 bridgehead atoms. The molecule has 0 aliphatic carbocycles. The van der Waals surface area contributed by atoms with Gasteiger partial charge in [-0.25, -0.2) is 0 Å². The maximum absolute atomic E-state index is 13.1.